The minimum atomic E-state index is -1.53. The van der Waals surface area contributed by atoms with E-state index in [9.17, 15) is 18.4 Å². The van der Waals surface area contributed by atoms with E-state index in [1.165, 1.54) is 0 Å². The highest BCUT2D eigenvalue weighted by Crippen LogP contribution is 2.36. The molecule has 2 saturated heterocycles. The number of nitrogens with zero attached hydrogens (tertiary/aromatic N) is 2. The molecule has 0 aromatic heterocycles. The standard InChI is InChI=1S/C13H19F2N3O2/c1-17-2-4-18(5-3-17)11-8(14)6-7-10(9(11)15)16-13(20)12(7)19/h7-11H,2-6H2,1H3,(H,16,20). The predicted molar refractivity (Wildman–Crippen MR) is 67.7 cm³/mol. The minimum absolute atomic E-state index is 0.0559. The van der Waals surface area contributed by atoms with Gasteiger partial charge in [-0.1, -0.05) is 0 Å². The fourth-order valence-electron chi connectivity index (χ4n) is 3.55. The van der Waals surface area contributed by atoms with Gasteiger partial charge in [-0.15, -0.1) is 0 Å². The number of amides is 1. The van der Waals surface area contributed by atoms with Crippen molar-refractivity contribution in [2.24, 2.45) is 5.92 Å². The number of alkyl halides is 2. The van der Waals surface area contributed by atoms with E-state index in [0.29, 0.717) is 13.1 Å². The molecule has 2 aliphatic heterocycles. The van der Waals surface area contributed by atoms with E-state index in [1.807, 2.05) is 11.9 Å². The Morgan fingerprint density at radius 3 is 2.45 bits per heavy atom. The molecule has 1 amide bonds. The van der Waals surface area contributed by atoms with Crippen LogP contribution in [0.3, 0.4) is 0 Å². The van der Waals surface area contributed by atoms with E-state index in [0.717, 1.165) is 13.1 Å². The van der Waals surface area contributed by atoms with Crippen LogP contribution in [0.1, 0.15) is 6.42 Å². The molecule has 1 N–H and O–H groups in total. The molecule has 0 radical (unpaired) electrons. The number of ketones is 1. The van der Waals surface area contributed by atoms with E-state index in [1.54, 1.807) is 0 Å². The third-order valence-corrected chi connectivity index (χ3v) is 4.77. The van der Waals surface area contributed by atoms with Crippen LogP contribution in [0, 0.1) is 5.92 Å². The molecule has 1 saturated carbocycles. The van der Waals surface area contributed by atoms with E-state index < -0.39 is 42.0 Å². The van der Waals surface area contributed by atoms with E-state index in [4.69, 9.17) is 0 Å². The van der Waals surface area contributed by atoms with Gasteiger partial charge in [0.05, 0.1) is 18.0 Å². The first-order valence-corrected chi connectivity index (χ1v) is 7.04. The zero-order chi connectivity index (χ0) is 14.4. The number of hydrogen-bond donors (Lipinski definition) is 1. The molecule has 5 atom stereocenters. The van der Waals surface area contributed by atoms with Gasteiger partial charge >= 0.3 is 0 Å². The Labute approximate surface area is 116 Å². The Bertz CT molecular complexity index is 426. The molecule has 0 aromatic rings. The number of carbonyl (C=O) groups is 2. The van der Waals surface area contributed by atoms with Crippen LogP contribution in [0.25, 0.3) is 0 Å². The summed E-state index contributed by atoms with van der Waals surface area (Å²) in [6.45, 7) is 2.77. The molecule has 0 bridgehead atoms. The van der Waals surface area contributed by atoms with Crippen molar-refractivity contribution in [1.29, 1.82) is 0 Å². The first-order chi connectivity index (χ1) is 9.49. The summed E-state index contributed by atoms with van der Waals surface area (Å²) in [5.74, 6) is -2.28. The van der Waals surface area contributed by atoms with Crippen molar-refractivity contribution >= 4 is 11.7 Å². The van der Waals surface area contributed by atoms with Gasteiger partial charge in [0.25, 0.3) is 5.91 Å². The van der Waals surface area contributed by atoms with Crippen molar-refractivity contribution < 1.29 is 18.4 Å². The number of Topliss-reactive ketones (excluding diaryl/α,β-unsaturated/α-hetero) is 1. The van der Waals surface area contributed by atoms with Gasteiger partial charge in [-0.2, -0.15) is 0 Å². The summed E-state index contributed by atoms with van der Waals surface area (Å²) in [5, 5.41) is 2.39. The van der Waals surface area contributed by atoms with Gasteiger partial charge in [0.15, 0.2) is 0 Å². The van der Waals surface area contributed by atoms with Crippen LogP contribution in [0.15, 0.2) is 0 Å². The van der Waals surface area contributed by atoms with Crippen LogP contribution in [-0.4, -0.2) is 79.1 Å². The molecule has 3 fully saturated rings. The van der Waals surface area contributed by atoms with Gasteiger partial charge in [-0.3, -0.25) is 14.5 Å². The van der Waals surface area contributed by atoms with Crippen LogP contribution < -0.4 is 5.32 Å². The number of carbonyl (C=O) groups excluding carboxylic acids is 2. The highest BCUT2D eigenvalue weighted by atomic mass is 19.1. The van der Waals surface area contributed by atoms with Gasteiger partial charge < -0.3 is 10.2 Å². The lowest BCUT2D eigenvalue weighted by atomic mass is 9.78. The highest BCUT2D eigenvalue weighted by molar-refractivity contribution is 6.39. The first-order valence-electron chi connectivity index (χ1n) is 7.04. The quantitative estimate of drug-likeness (QED) is 0.652. The van der Waals surface area contributed by atoms with Crippen LogP contribution in [-0.2, 0) is 9.59 Å². The van der Waals surface area contributed by atoms with Gasteiger partial charge in [0.2, 0.25) is 5.78 Å². The first kappa shape index (κ1) is 13.9. The molecular weight excluding hydrogens is 268 g/mol. The normalized spacial score (nSPS) is 43.5. The molecule has 3 rings (SSSR count). The predicted octanol–water partition coefficient (Wildman–Crippen LogP) is -0.634. The zero-order valence-electron chi connectivity index (χ0n) is 11.4. The SMILES string of the molecule is CN1CCN(C2C(F)CC3C(=O)C(=O)NC3C2F)CC1. The Morgan fingerprint density at radius 1 is 1.15 bits per heavy atom. The molecule has 1 aliphatic carbocycles. The van der Waals surface area contributed by atoms with Crippen molar-refractivity contribution in [3.63, 3.8) is 0 Å². The van der Waals surface area contributed by atoms with E-state index in [2.05, 4.69) is 10.2 Å². The topological polar surface area (TPSA) is 52.7 Å². The molecule has 112 valence electrons. The fourth-order valence-corrected chi connectivity index (χ4v) is 3.55. The number of rotatable bonds is 1. The Balaban J connectivity index is 1.76. The van der Waals surface area contributed by atoms with Crippen LogP contribution in [0.4, 0.5) is 8.78 Å². The summed E-state index contributed by atoms with van der Waals surface area (Å²) in [5.41, 5.74) is 0. The maximum absolute atomic E-state index is 14.6. The molecular formula is C13H19F2N3O2. The van der Waals surface area contributed by atoms with Crippen LogP contribution >= 0.6 is 0 Å². The lowest BCUT2D eigenvalue weighted by molar-refractivity contribution is -0.137. The summed E-state index contributed by atoms with van der Waals surface area (Å²) in [4.78, 5) is 26.9. The highest BCUT2D eigenvalue weighted by Gasteiger charge is 2.55. The Morgan fingerprint density at radius 2 is 1.80 bits per heavy atom. The lowest BCUT2D eigenvalue weighted by Crippen LogP contribution is -2.62. The average molecular weight is 287 g/mol. The van der Waals surface area contributed by atoms with Crippen molar-refractivity contribution in [1.82, 2.24) is 15.1 Å². The maximum atomic E-state index is 14.6. The molecule has 5 unspecified atom stereocenters. The largest absolute Gasteiger partial charge is 0.343 e. The molecule has 7 heteroatoms. The van der Waals surface area contributed by atoms with Crippen molar-refractivity contribution in [3.8, 4) is 0 Å². The van der Waals surface area contributed by atoms with E-state index in [-0.39, 0.29) is 6.42 Å². The van der Waals surface area contributed by atoms with Gasteiger partial charge in [0, 0.05) is 26.2 Å². The molecule has 0 aromatic carbocycles. The summed E-state index contributed by atoms with van der Waals surface area (Å²) >= 11 is 0. The molecule has 2 heterocycles. The smallest absolute Gasteiger partial charge is 0.288 e. The molecule has 20 heavy (non-hydrogen) atoms. The lowest BCUT2D eigenvalue weighted by Gasteiger charge is -2.45. The second kappa shape index (κ2) is 5.04. The monoisotopic (exact) mass is 287 g/mol. The Kier molecular flexibility index (Phi) is 3.50. The zero-order valence-corrected chi connectivity index (χ0v) is 11.4. The average Bonchev–Trinajstić information content (AvgIpc) is 2.69. The van der Waals surface area contributed by atoms with Gasteiger partial charge in [0.1, 0.15) is 12.3 Å². The summed E-state index contributed by atoms with van der Waals surface area (Å²) in [7, 11) is 1.98. The van der Waals surface area contributed by atoms with E-state index >= 15 is 0 Å². The number of hydrogen-bond acceptors (Lipinski definition) is 4. The summed E-state index contributed by atoms with van der Waals surface area (Å²) in [6, 6.07) is -1.71. The fraction of sp³-hybridized carbons (Fsp3) is 0.846. The molecule has 5 nitrogen and oxygen atoms in total. The number of likely N-dealkylation sites (N-methyl/N-ethyl adjacent to an activating group) is 1. The molecule has 3 aliphatic rings. The number of halogens is 2. The van der Waals surface area contributed by atoms with Gasteiger partial charge in [-0.05, 0) is 13.5 Å². The van der Waals surface area contributed by atoms with Crippen LogP contribution in [0.5, 0.6) is 0 Å². The van der Waals surface area contributed by atoms with Crippen molar-refractivity contribution in [2.75, 3.05) is 33.2 Å². The molecule has 0 spiro atoms. The maximum Gasteiger partial charge on any atom is 0.288 e. The third-order valence-electron chi connectivity index (χ3n) is 4.77. The number of nitrogens with one attached hydrogen (secondary N) is 1. The second-order valence-corrected chi connectivity index (χ2v) is 6.00. The summed E-state index contributed by atoms with van der Waals surface area (Å²) < 4.78 is 29.0. The van der Waals surface area contributed by atoms with Crippen molar-refractivity contribution in [2.45, 2.75) is 30.8 Å². The Hall–Kier alpha value is -1.08. The third kappa shape index (κ3) is 2.13. The summed E-state index contributed by atoms with van der Waals surface area (Å²) in [6.07, 6.45) is -2.98. The minimum Gasteiger partial charge on any atom is -0.343 e. The van der Waals surface area contributed by atoms with Crippen molar-refractivity contribution in [3.05, 3.63) is 0 Å². The number of fused-ring (bicyclic) bond motifs is 1. The van der Waals surface area contributed by atoms with Crippen LogP contribution in [0.2, 0.25) is 0 Å². The number of piperazine rings is 1. The second-order valence-electron chi connectivity index (χ2n) is 6.00. The van der Waals surface area contributed by atoms with Gasteiger partial charge in [-0.25, -0.2) is 8.78 Å².